The molecule has 2 aromatic rings. The van der Waals surface area contributed by atoms with Crippen LogP contribution in [0, 0.1) is 0 Å². The van der Waals surface area contributed by atoms with Crippen molar-refractivity contribution in [3.05, 3.63) is 24.3 Å². The Morgan fingerprint density at radius 1 is 1.35 bits per heavy atom. The van der Waals surface area contributed by atoms with Crippen molar-refractivity contribution in [1.82, 2.24) is 14.9 Å². The van der Waals surface area contributed by atoms with Crippen molar-refractivity contribution >= 4 is 17.7 Å². The van der Waals surface area contributed by atoms with Gasteiger partial charge in [0.2, 0.25) is 11.1 Å². The van der Waals surface area contributed by atoms with Gasteiger partial charge < -0.3 is 16.3 Å². The van der Waals surface area contributed by atoms with Gasteiger partial charge in [0.25, 0.3) is 0 Å². The first kappa shape index (κ1) is 14.2. The summed E-state index contributed by atoms with van der Waals surface area (Å²) in [6, 6.07) is 7.28. The van der Waals surface area contributed by atoms with Crippen LogP contribution in [-0.4, -0.2) is 33.1 Å². The summed E-state index contributed by atoms with van der Waals surface area (Å²) in [5.74, 6) is 6.77. The summed E-state index contributed by atoms with van der Waals surface area (Å²) in [6.45, 7) is 1.69. The van der Waals surface area contributed by atoms with Crippen molar-refractivity contribution in [2.45, 2.75) is 17.3 Å². The third-order valence-electron chi connectivity index (χ3n) is 2.70. The van der Waals surface area contributed by atoms with Gasteiger partial charge in [-0.05, 0) is 31.2 Å². The Hall–Kier alpha value is -2.22. The van der Waals surface area contributed by atoms with E-state index in [0.717, 1.165) is 11.3 Å². The molecule has 0 bridgehead atoms. The summed E-state index contributed by atoms with van der Waals surface area (Å²) >= 11 is 1.17. The van der Waals surface area contributed by atoms with Crippen LogP contribution in [0.2, 0.25) is 0 Å². The maximum Gasteiger partial charge on any atom is 0.230 e. The van der Waals surface area contributed by atoms with Crippen LogP contribution in [-0.2, 0) is 4.79 Å². The highest BCUT2D eigenvalue weighted by Gasteiger charge is 2.17. The molecule has 1 aromatic heterocycles. The summed E-state index contributed by atoms with van der Waals surface area (Å²) in [7, 11) is 1.60. The van der Waals surface area contributed by atoms with E-state index in [1.807, 2.05) is 24.3 Å². The van der Waals surface area contributed by atoms with Crippen molar-refractivity contribution in [3.63, 3.8) is 0 Å². The fraction of sp³-hybridized carbons (Fsp3) is 0.250. The number of amides is 1. The lowest BCUT2D eigenvalue weighted by molar-refractivity contribution is -0.117. The number of nitrogens with zero attached hydrogens (tertiary/aromatic N) is 3. The van der Waals surface area contributed by atoms with Crippen LogP contribution >= 0.6 is 11.8 Å². The summed E-state index contributed by atoms with van der Waals surface area (Å²) < 4.78 is 6.43. The molecule has 0 aliphatic heterocycles. The van der Waals surface area contributed by atoms with Crippen LogP contribution in [0.15, 0.2) is 29.4 Å². The van der Waals surface area contributed by atoms with E-state index in [0.29, 0.717) is 11.0 Å². The molecule has 0 aliphatic rings. The molecule has 2 rings (SSSR count). The molecule has 20 heavy (non-hydrogen) atoms. The minimum absolute atomic E-state index is 0.426. The predicted molar refractivity (Wildman–Crippen MR) is 76.7 cm³/mol. The maximum atomic E-state index is 11.1. The van der Waals surface area contributed by atoms with E-state index in [2.05, 4.69) is 10.2 Å². The quantitative estimate of drug-likeness (QED) is 0.618. The van der Waals surface area contributed by atoms with Crippen LogP contribution in [0.5, 0.6) is 5.75 Å². The molecule has 106 valence electrons. The van der Waals surface area contributed by atoms with E-state index in [9.17, 15) is 4.79 Å². The number of benzene rings is 1. The molecule has 1 aromatic carbocycles. The van der Waals surface area contributed by atoms with Crippen molar-refractivity contribution in [2.24, 2.45) is 5.73 Å². The van der Waals surface area contributed by atoms with Gasteiger partial charge in [-0.3, -0.25) is 4.79 Å². The molecule has 0 radical (unpaired) electrons. The molecule has 0 spiro atoms. The number of hydrogen-bond acceptors (Lipinski definition) is 6. The molecule has 8 heteroatoms. The van der Waals surface area contributed by atoms with E-state index >= 15 is 0 Å². The second-order valence-electron chi connectivity index (χ2n) is 4.07. The second kappa shape index (κ2) is 5.83. The summed E-state index contributed by atoms with van der Waals surface area (Å²) in [5.41, 5.74) is 6.02. The van der Waals surface area contributed by atoms with Crippen molar-refractivity contribution in [3.8, 4) is 17.1 Å². The first-order valence-corrected chi connectivity index (χ1v) is 6.71. The summed E-state index contributed by atoms with van der Waals surface area (Å²) in [6.07, 6.45) is 0. The third kappa shape index (κ3) is 2.85. The fourth-order valence-corrected chi connectivity index (χ4v) is 2.23. The molecular weight excluding hydrogens is 278 g/mol. The largest absolute Gasteiger partial charge is 0.497 e. The molecule has 0 saturated heterocycles. The van der Waals surface area contributed by atoms with Gasteiger partial charge in [0, 0.05) is 5.56 Å². The number of ether oxygens (including phenoxy) is 1. The lowest BCUT2D eigenvalue weighted by Crippen LogP contribution is -2.23. The van der Waals surface area contributed by atoms with Gasteiger partial charge in [-0.25, -0.2) is 4.68 Å². The van der Waals surface area contributed by atoms with E-state index in [4.69, 9.17) is 16.3 Å². The number of aromatic nitrogens is 3. The Kier molecular flexibility index (Phi) is 4.14. The standard InChI is InChI=1S/C12H15N5O2S/c1-7(10(13)18)20-12-16-15-11(17(12)14)8-3-5-9(19-2)6-4-8/h3-7H,14H2,1-2H3,(H2,13,18)/t7-/m0/s1. The Labute approximate surface area is 120 Å². The SMILES string of the molecule is COc1ccc(-c2nnc(S[C@@H](C)C(N)=O)n2N)cc1. The van der Waals surface area contributed by atoms with Crippen LogP contribution in [0.4, 0.5) is 0 Å². The summed E-state index contributed by atoms with van der Waals surface area (Å²) in [4.78, 5) is 11.1. The van der Waals surface area contributed by atoms with Gasteiger partial charge in [-0.1, -0.05) is 11.8 Å². The molecular formula is C12H15N5O2S. The van der Waals surface area contributed by atoms with Crippen molar-refractivity contribution in [1.29, 1.82) is 0 Å². The van der Waals surface area contributed by atoms with Crippen molar-refractivity contribution in [2.75, 3.05) is 13.0 Å². The number of methoxy groups -OCH3 is 1. The Bertz CT molecular complexity index is 611. The molecule has 0 saturated carbocycles. The molecule has 0 unspecified atom stereocenters. The van der Waals surface area contributed by atoms with Gasteiger partial charge in [0.05, 0.1) is 12.4 Å². The highest BCUT2D eigenvalue weighted by atomic mass is 32.2. The van der Waals surface area contributed by atoms with Gasteiger partial charge in [-0.15, -0.1) is 10.2 Å². The number of rotatable bonds is 5. The predicted octanol–water partition coefficient (Wildman–Crippen LogP) is 0.633. The molecule has 4 N–H and O–H groups in total. The zero-order valence-corrected chi connectivity index (χ0v) is 11.9. The van der Waals surface area contributed by atoms with Crippen LogP contribution in [0.3, 0.4) is 0 Å². The number of thioether (sulfide) groups is 1. The average Bonchev–Trinajstić information content (AvgIpc) is 2.80. The number of primary amides is 1. The maximum absolute atomic E-state index is 11.1. The van der Waals surface area contributed by atoms with Gasteiger partial charge in [0.1, 0.15) is 5.75 Å². The van der Waals surface area contributed by atoms with E-state index in [1.54, 1.807) is 14.0 Å². The van der Waals surface area contributed by atoms with E-state index < -0.39 is 11.2 Å². The summed E-state index contributed by atoms with van der Waals surface area (Å²) in [5, 5.41) is 8.00. The molecule has 7 nitrogen and oxygen atoms in total. The monoisotopic (exact) mass is 293 g/mol. The molecule has 1 heterocycles. The lowest BCUT2D eigenvalue weighted by Gasteiger charge is -2.07. The van der Waals surface area contributed by atoms with Crippen LogP contribution in [0.1, 0.15) is 6.92 Å². The van der Waals surface area contributed by atoms with Crippen molar-refractivity contribution < 1.29 is 9.53 Å². The number of carbonyl (C=O) groups is 1. The van der Waals surface area contributed by atoms with E-state index in [-0.39, 0.29) is 0 Å². The highest BCUT2D eigenvalue weighted by molar-refractivity contribution is 8.00. The van der Waals surface area contributed by atoms with Gasteiger partial charge in [-0.2, -0.15) is 0 Å². The molecule has 0 aliphatic carbocycles. The Morgan fingerprint density at radius 3 is 2.55 bits per heavy atom. The average molecular weight is 293 g/mol. The minimum atomic E-state index is -0.427. The normalized spacial score (nSPS) is 12.1. The molecule has 0 fully saturated rings. The number of carbonyl (C=O) groups excluding carboxylic acids is 1. The van der Waals surface area contributed by atoms with Crippen LogP contribution in [0.25, 0.3) is 11.4 Å². The topological polar surface area (TPSA) is 109 Å². The second-order valence-corrected chi connectivity index (χ2v) is 5.38. The number of hydrogen-bond donors (Lipinski definition) is 2. The van der Waals surface area contributed by atoms with Crippen LogP contribution < -0.4 is 16.3 Å². The fourth-order valence-electron chi connectivity index (χ4n) is 1.51. The Balaban J connectivity index is 2.25. The zero-order chi connectivity index (χ0) is 14.7. The van der Waals surface area contributed by atoms with Gasteiger partial charge >= 0.3 is 0 Å². The molecule has 1 atom stereocenters. The third-order valence-corrected chi connectivity index (χ3v) is 3.77. The van der Waals surface area contributed by atoms with Gasteiger partial charge in [0.15, 0.2) is 5.82 Å². The number of nitrogens with two attached hydrogens (primary N) is 2. The number of nitrogen functional groups attached to an aromatic ring is 1. The minimum Gasteiger partial charge on any atom is -0.497 e. The Morgan fingerprint density at radius 2 is 2.00 bits per heavy atom. The first-order chi connectivity index (χ1) is 9.52. The first-order valence-electron chi connectivity index (χ1n) is 5.84. The van der Waals surface area contributed by atoms with E-state index in [1.165, 1.54) is 16.4 Å². The zero-order valence-electron chi connectivity index (χ0n) is 11.1. The smallest absolute Gasteiger partial charge is 0.230 e. The molecule has 1 amide bonds. The highest BCUT2D eigenvalue weighted by Crippen LogP contribution is 2.25. The lowest BCUT2D eigenvalue weighted by atomic mass is 10.2.